The molecule has 0 radical (unpaired) electrons. The fraction of sp³-hybridized carbons (Fsp3) is 0.500. The molecule has 0 aliphatic heterocycles. The summed E-state index contributed by atoms with van der Waals surface area (Å²) in [7, 11) is -1.97. The van der Waals surface area contributed by atoms with Gasteiger partial charge < -0.3 is 10.8 Å². The molecule has 1 aromatic carbocycles. The first kappa shape index (κ1) is 14.8. The molecule has 0 unspecified atom stereocenters. The normalized spacial score (nSPS) is 23.4. The lowest BCUT2D eigenvalue weighted by Gasteiger charge is -2.34. The minimum absolute atomic E-state index is 0.212. The van der Waals surface area contributed by atoms with E-state index in [-0.39, 0.29) is 16.9 Å². The molecular weight excluding hydrogens is 332 g/mol. The van der Waals surface area contributed by atoms with Gasteiger partial charge in [-0.3, -0.25) is 0 Å². The van der Waals surface area contributed by atoms with E-state index < -0.39 is 10.0 Å². The van der Waals surface area contributed by atoms with E-state index in [1.54, 1.807) is 19.2 Å². The van der Waals surface area contributed by atoms with E-state index in [0.717, 1.165) is 0 Å². The minimum atomic E-state index is -3.53. The third-order valence-corrected chi connectivity index (χ3v) is 6.17. The van der Waals surface area contributed by atoms with Gasteiger partial charge in [-0.2, -0.15) is 0 Å². The molecule has 1 aromatic rings. The summed E-state index contributed by atoms with van der Waals surface area (Å²) in [5.41, 5.74) is 6.12. The standard InChI is InChI=1S/C12H17BrN2O3S/c1-15(7-8-4-10(16)5-8)19(17,18)12-3-2-9(14)6-11(12)13/h2-3,6,8,10,16H,4-5,7,14H2,1H3. The Balaban J connectivity index is 2.16. The van der Waals surface area contributed by atoms with Crippen LogP contribution < -0.4 is 5.73 Å². The van der Waals surface area contributed by atoms with Gasteiger partial charge in [0.25, 0.3) is 0 Å². The zero-order chi connectivity index (χ0) is 14.2. The molecule has 1 fully saturated rings. The van der Waals surface area contributed by atoms with Crippen molar-refractivity contribution < 1.29 is 13.5 Å². The number of sulfonamides is 1. The van der Waals surface area contributed by atoms with Gasteiger partial charge in [0.2, 0.25) is 10.0 Å². The third kappa shape index (κ3) is 3.10. The quantitative estimate of drug-likeness (QED) is 0.806. The average Bonchev–Trinajstić information content (AvgIpc) is 2.26. The predicted molar refractivity (Wildman–Crippen MR) is 77.1 cm³/mol. The lowest BCUT2D eigenvalue weighted by Crippen LogP contribution is -2.39. The molecule has 0 saturated heterocycles. The Kier molecular flexibility index (Phi) is 4.20. The van der Waals surface area contributed by atoms with Crippen molar-refractivity contribution in [3.63, 3.8) is 0 Å². The number of nitrogens with two attached hydrogens (primary N) is 1. The summed E-state index contributed by atoms with van der Waals surface area (Å²) < 4.78 is 26.6. The zero-order valence-corrected chi connectivity index (χ0v) is 13.0. The first-order valence-corrected chi connectivity index (χ1v) is 8.23. The Morgan fingerprint density at radius 1 is 1.47 bits per heavy atom. The number of hydrogen-bond donors (Lipinski definition) is 2. The molecule has 0 aromatic heterocycles. The van der Waals surface area contributed by atoms with Crippen molar-refractivity contribution >= 4 is 31.6 Å². The number of aliphatic hydroxyl groups excluding tert-OH is 1. The number of rotatable bonds is 4. The van der Waals surface area contributed by atoms with Crippen LogP contribution in [-0.4, -0.2) is 37.5 Å². The summed E-state index contributed by atoms with van der Waals surface area (Å²) in [5.74, 6) is 0.238. The molecule has 5 nitrogen and oxygen atoms in total. The highest BCUT2D eigenvalue weighted by atomic mass is 79.9. The first-order chi connectivity index (χ1) is 8.80. The highest BCUT2D eigenvalue weighted by molar-refractivity contribution is 9.10. The second kappa shape index (κ2) is 5.40. The van der Waals surface area contributed by atoms with Crippen molar-refractivity contribution in [2.75, 3.05) is 19.3 Å². The molecule has 106 valence electrons. The highest BCUT2D eigenvalue weighted by Crippen LogP contribution is 2.31. The second-order valence-corrected chi connectivity index (χ2v) is 7.83. The van der Waals surface area contributed by atoms with Crippen LogP contribution in [0, 0.1) is 5.92 Å². The molecule has 19 heavy (non-hydrogen) atoms. The second-order valence-electron chi connectivity index (χ2n) is 4.97. The first-order valence-electron chi connectivity index (χ1n) is 6.00. The average molecular weight is 349 g/mol. The number of anilines is 1. The SMILES string of the molecule is CN(CC1CC(O)C1)S(=O)(=O)c1ccc(N)cc1Br. The molecule has 3 N–H and O–H groups in total. The summed E-state index contributed by atoms with van der Waals surface area (Å²) in [5, 5.41) is 9.24. The minimum Gasteiger partial charge on any atom is -0.399 e. The number of nitrogen functional groups attached to an aromatic ring is 1. The van der Waals surface area contributed by atoms with Crippen molar-refractivity contribution in [3.8, 4) is 0 Å². The topological polar surface area (TPSA) is 83.6 Å². The van der Waals surface area contributed by atoms with Gasteiger partial charge in [-0.05, 0) is 52.9 Å². The maximum Gasteiger partial charge on any atom is 0.243 e. The predicted octanol–water partition coefficient (Wildman–Crippen LogP) is 1.42. The number of nitrogens with zero attached hydrogens (tertiary/aromatic N) is 1. The van der Waals surface area contributed by atoms with Crippen LogP contribution in [0.4, 0.5) is 5.69 Å². The lowest BCUT2D eigenvalue weighted by molar-refractivity contribution is 0.0367. The molecule has 0 amide bonds. The van der Waals surface area contributed by atoms with Crippen molar-refractivity contribution in [1.82, 2.24) is 4.31 Å². The van der Waals surface area contributed by atoms with Gasteiger partial charge in [0.1, 0.15) is 0 Å². The smallest absolute Gasteiger partial charge is 0.243 e. The number of halogens is 1. The Labute approximate surface area is 121 Å². The summed E-state index contributed by atoms with van der Waals surface area (Å²) >= 11 is 3.23. The summed E-state index contributed by atoms with van der Waals surface area (Å²) in [6.45, 7) is 0.427. The molecule has 1 aliphatic carbocycles. The van der Waals surface area contributed by atoms with Crippen LogP contribution in [0.25, 0.3) is 0 Å². The summed E-state index contributed by atoms with van der Waals surface area (Å²) in [6, 6.07) is 4.65. The van der Waals surface area contributed by atoms with E-state index in [4.69, 9.17) is 5.73 Å². The number of benzene rings is 1. The molecule has 0 atom stereocenters. The fourth-order valence-corrected chi connectivity index (χ4v) is 4.50. The maximum atomic E-state index is 12.4. The lowest BCUT2D eigenvalue weighted by atomic mass is 9.82. The zero-order valence-electron chi connectivity index (χ0n) is 10.6. The van der Waals surface area contributed by atoms with Crippen molar-refractivity contribution in [1.29, 1.82) is 0 Å². The van der Waals surface area contributed by atoms with Crippen LogP contribution in [0.15, 0.2) is 27.6 Å². The van der Waals surface area contributed by atoms with E-state index >= 15 is 0 Å². The van der Waals surface area contributed by atoms with Crippen LogP contribution in [0.5, 0.6) is 0 Å². The van der Waals surface area contributed by atoms with Crippen molar-refractivity contribution in [2.45, 2.75) is 23.8 Å². The van der Waals surface area contributed by atoms with E-state index in [9.17, 15) is 13.5 Å². The summed E-state index contributed by atoms with van der Waals surface area (Å²) in [4.78, 5) is 0.212. The van der Waals surface area contributed by atoms with Gasteiger partial charge >= 0.3 is 0 Å². The van der Waals surface area contributed by atoms with E-state index in [2.05, 4.69) is 15.9 Å². The highest BCUT2D eigenvalue weighted by Gasteiger charge is 2.32. The summed E-state index contributed by atoms with van der Waals surface area (Å²) in [6.07, 6.45) is 1.07. The van der Waals surface area contributed by atoms with Crippen LogP contribution in [0.3, 0.4) is 0 Å². The van der Waals surface area contributed by atoms with Gasteiger partial charge in [-0.1, -0.05) is 0 Å². The van der Waals surface area contributed by atoms with Crippen molar-refractivity contribution in [3.05, 3.63) is 22.7 Å². The molecule has 0 heterocycles. The number of hydrogen-bond acceptors (Lipinski definition) is 4. The van der Waals surface area contributed by atoms with E-state index in [1.165, 1.54) is 10.4 Å². The molecule has 1 aliphatic rings. The van der Waals surface area contributed by atoms with E-state index in [0.29, 0.717) is 29.5 Å². The third-order valence-electron chi connectivity index (χ3n) is 3.37. The van der Waals surface area contributed by atoms with E-state index in [1.807, 2.05) is 0 Å². The largest absolute Gasteiger partial charge is 0.399 e. The van der Waals surface area contributed by atoms with Crippen LogP contribution in [0.1, 0.15) is 12.8 Å². The molecule has 0 bridgehead atoms. The van der Waals surface area contributed by atoms with Crippen molar-refractivity contribution in [2.24, 2.45) is 5.92 Å². The Morgan fingerprint density at radius 2 is 2.11 bits per heavy atom. The van der Waals surface area contributed by atoms with Crippen LogP contribution in [0.2, 0.25) is 0 Å². The maximum absolute atomic E-state index is 12.4. The molecular formula is C12H17BrN2O3S. The van der Waals surface area contributed by atoms with Crippen LogP contribution >= 0.6 is 15.9 Å². The molecule has 2 rings (SSSR count). The Hall–Kier alpha value is -0.630. The monoisotopic (exact) mass is 348 g/mol. The van der Waals surface area contributed by atoms with Gasteiger partial charge in [0.15, 0.2) is 0 Å². The number of aliphatic hydroxyl groups is 1. The Bertz CT molecular complexity index is 570. The fourth-order valence-electron chi connectivity index (χ4n) is 2.21. The van der Waals surface area contributed by atoms with Gasteiger partial charge in [0.05, 0.1) is 11.0 Å². The molecule has 1 saturated carbocycles. The van der Waals surface area contributed by atoms with Gasteiger partial charge in [-0.25, -0.2) is 12.7 Å². The van der Waals surface area contributed by atoms with Crippen LogP contribution in [-0.2, 0) is 10.0 Å². The molecule has 7 heteroatoms. The van der Waals surface area contributed by atoms with Gasteiger partial charge in [-0.15, -0.1) is 0 Å². The molecule has 0 spiro atoms. The Morgan fingerprint density at radius 3 is 2.63 bits per heavy atom. The van der Waals surface area contributed by atoms with Gasteiger partial charge in [0, 0.05) is 23.8 Å².